The molecule has 3 aromatic rings. The molecule has 2 N–H and O–H groups in total. The number of hydrogen-bond acceptors (Lipinski definition) is 3. The molecule has 4 rings (SSSR count). The number of fused-ring (bicyclic) bond motifs is 2. The molecular weight excluding hydrogens is 318 g/mol. The minimum absolute atomic E-state index is 0.107. The van der Waals surface area contributed by atoms with Gasteiger partial charge in [0.25, 0.3) is 0 Å². The number of H-pyrrole nitrogens is 1. The Hall–Kier alpha value is -2.83. The van der Waals surface area contributed by atoms with Crippen LogP contribution in [0.15, 0.2) is 30.6 Å². The maximum Gasteiger partial charge on any atom is 0.408 e. The fourth-order valence-corrected chi connectivity index (χ4v) is 3.53. The van der Waals surface area contributed by atoms with Crippen molar-refractivity contribution < 1.29 is 9.90 Å². The maximum absolute atomic E-state index is 11.8. The molecule has 1 aliphatic heterocycles. The summed E-state index contributed by atoms with van der Waals surface area (Å²) in [6.07, 6.45) is 1.50. The number of aromatic amines is 1. The number of imidazole rings is 2. The van der Waals surface area contributed by atoms with E-state index in [1.54, 1.807) is 0 Å². The van der Waals surface area contributed by atoms with Crippen LogP contribution in [0.5, 0.6) is 0 Å². The lowest BCUT2D eigenvalue weighted by atomic mass is 10.0. The third kappa shape index (κ3) is 2.47. The number of amides is 1. The van der Waals surface area contributed by atoms with E-state index in [0.717, 1.165) is 22.4 Å². The molecule has 0 aliphatic carbocycles. The molecular formula is C18H21N5O2. The number of hydrogen-bond donors (Lipinski definition) is 2. The highest BCUT2D eigenvalue weighted by Gasteiger charge is 2.38. The molecule has 0 bridgehead atoms. The van der Waals surface area contributed by atoms with Crippen LogP contribution in [0.25, 0.3) is 11.0 Å². The van der Waals surface area contributed by atoms with Gasteiger partial charge in [-0.15, -0.1) is 0 Å². The summed E-state index contributed by atoms with van der Waals surface area (Å²) in [5, 5.41) is 9.69. The van der Waals surface area contributed by atoms with Gasteiger partial charge in [0.05, 0.1) is 23.1 Å². The lowest BCUT2D eigenvalue weighted by Crippen LogP contribution is -2.41. The van der Waals surface area contributed by atoms with Crippen LogP contribution in [0, 0.1) is 0 Å². The third-order valence-corrected chi connectivity index (χ3v) is 4.69. The van der Waals surface area contributed by atoms with Crippen molar-refractivity contribution in [1.29, 1.82) is 0 Å². The van der Waals surface area contributed by atoms with Crippen LogP contribution in [0.4, 0.5) is 4.79 Å². The number of para-hydroxylation sites is 2. The van der Waals surface area contributed by atoms with E-state index < -0.39 is 12.1 Å². The molecule has 1 aromatic carbocycles. The first-order chi connectivity index (χ1) is 11.9. The molecule has 1 aliphatic rings. The van der Waals surface area contributed by atoms with Gasteiger partial charge in [0.1, 0.15) is 11.9 Å². The van der Waals surface area contributed by atoms with Gasteiger partial charge >= 0.3 is 6.09 Å². The summed E-state index contributed by atoms with van der Waals surface area (Å²) in [6, 6.07) is 7.19. The van der Waals surface area contributed by atoms with Crippen molar-refractivity contribution in [3.8, 4) is 0 Å². The summed E-state index contributed by atoms with van der Waals surface area (Å²) in [7, 11) is 0. The standard InChI is InChI=1S/C18H21N5O2/c1-18(2,3)23-10-19-14-13(23)8-9-22(17(24)25)15(14)16-20-11-6-4-5-7-12(11)21-16/h4-7,10,15H,8-9H2,1-3H3,(H,20,21)(H,24,25). The predicted octanol–water partition coefficient (Wildman–Crippen LogP) is 3.14. The van der Waals surface area contributed by atoms with E-state index in [1.807, 2.05) is 30.6 Å². The van der Waals surface area contributed by atoms with Gasteiger partial charge in [0.15, 0.2) is 0 Å². The van der Waals surface area contributed by atoms with Crippen molar-refractivity contribution in [2.24, 2.45) is 0 Å². The van der Waals surface area contributed by atoms with Crippen LogP contribution in [-0.4, -0.2) is 42.2 Å². The van der Waals surface area contributed by atoms with E-state index in [0.29, 0.717) is 18.8 Å². The van der Waals surface area contributed by atoms with Crippen molar-refractivity contribution in [2.45, 2.75) is 38.8 Å². The molecule has 1 atom stereocenters. The Bertz CT molecular complexity index is 917. The predicted molar refractivity (Wildman–Crippen MR) is 93.6 cm³/mol. The van der Waals surface area contributed by atoms with Gasteiger partial charge in [0.2, 0.25) is 0 Å². The van der Waals surface area contributed by atoms with E-state index in [2.05, 4.69) is 40.3 Å². The van der Waals surface area contributed by atoms with Crippen LogP contribution in [-0.2, 0) is 12.0 Å². The molecule has 1 amide bonds. The highest BCUT2D eigenvalue weighted by atomic mass is 16.4. The minimum atomic E-state index is -0.957. The van der Waals surface area contributed by atoms with Crippen molar-refractivity contribution >= 4 is 17.1 Å². The van der Waals surface area contributed by atoms with E-state index in [1.165, 1.54) is 4.90 Å². The SMILES string of the molecule is CC(C)(C)n1cnc2c1CCN(C(=O)O)C2c1nc2ccccc2[nH]1. The second-order valence-electron chi connectivity index (χ2n) is 7.39. The largest absolute Gasteiger partial charge is 0.465 e. The van der Waals surface area contributed by atoms with Crippen molar-refractivity contribution in [3.05, 3.63) is 47.8 Å². The van der Waals surface area contributed by atoms with Crippen LogP contribution in [0.2, 0.25) is 0 Å². The first kappa shape index (κ1) is 15.7. The van der Waals surface area contributed by atoms with Gasteiger partial charge in [-0.1, -0.05) is 12.1 Å². The molecule has 0 saturated heterocycles. The second kappa shape index (κ2) is 5.34. The van der Waals surface area contributed by atoms with E-state index in [-0.39, 0.29) is 5.54 Å². The molecule has 1 unspecified atom stereocenters. The van der Waals surface area contributed by atoms with E-state index in [9.17, 15) is 9.90 Å². The summed E-state index contributed by atoms with van der Waals surface area (Å²) in [5.74, 6) is 0.615. The zero-order chi connectivity index (χ0) is 17.8. The lowest BCUT2D eigenvalue weighted by molar-refractivity contribution is 0.125. The first-order valence-corrected chi connectivity index (χ1v) is 8.37. The Morgan fingerprint density at radius 2 is 2.08 bits per heavy atom. The summed E-state index contributed by atoms with van der Waals surface area (Å²) < 4.78 is 2.14. The molecule has 0 fully saturated rings. The average molecular weight is 339 g/mol. The summed E-state index contributed by atoms with van der Waals surface area (Å²) >= 11 is 0. The molecule has 25 heavy (non-hydrogen) atoms. The highest BCUT2D eigenvalue weighted by molar-refractivity contribution is 5.75. The summed E-state index contributed by atoms with van der Waals surface area (Å²) in [6.45, 7) is 6.78. The summed E-state index contributed by atoms with van der Waals surface area (Å²) in [5.41, 5.74) is 3.46. The molecule has 0 saturated carbocycles. The Balaban J connectivity index is 1.88. The van der Waals surface area contributed by atoms with Crippen LogP contribution in [0.3, 0.4) is 0 Å². The molecule has 0 radical (unpaired) electrons. The van der Waals surface area contributed by atoms with Gasteiger partial charge in [-0.2, -0.15) is 0 Å². The van der Waals surface area contributed by atoms with E-state index >= 15 is 0 Å². The van der Waals surface area contributed by atoms with Gasteiger partial charge < -0.3 is 14.7 Å². The van der Waals surface area contributed by atoms with E-state index in [4.69, 9.17) is 0 Å². The monoisotopic (exact) mass is 339 g/mol. The quantitative estimate of drug-likeness (QED) is 0.713. The maximum atomic E-state index is 11.8. The minimum Gasteiger partial charge on any atom is -0.465 e. The fourth-order valence-electron chi connectivity index (χ4n) is 3.53. The highest BCUT2D eigenvalue weighted by Crippen LogP contribution is 2.35. The Morgan fingerprint density at radius 1 is 1.32 bits per heavy atom. The topological polar surface area (TPSA) is 87.0 Å². The van der Waals surface area contributed by atoms with Gasteiger partial charge in [-0.05, 0) is 32.9 Å². The number of benzene rings is 1. The summed E-state index contributed by atoms with van der Waals surface area (Å²) in [4.78, 5) is 25.7. The molecule has 3 heterocycles. The van der Waals surface area contributed by atoms with Crippen LogP contribution in [0.1, 0.15) is 44.0 Å². The number of nitrogens with zero attached hydrogens (tertiary/aromatic N) is 4. The third-order valence-electron chi connectivity index (χ3n) is 4.69. The lowest BCUT2D eigenvalue weighted by Gasteiger charge is -2.33. The zero-order valence-corrected chi connectivity index (χ0v) is 14.5. The van der Waals surface area contributed by atoms with Crippen molar-refractivity contribution in [3.63, 3.8) is 0 Å². The zero-order valence-electron chi connectivity index (χ0n) is 14.5. The molecule has 2 aromatic heterocycles. The van der Waals surface area contributed by atoms with Crippen molar-refractivity contribution in [2.75, 3.05) is 6.54 Å². The number of aromatic nitrogens is 4. The molecule has 7 nitrogen and oxygen atoms in total. The number of rotatable bonds is 1. The van der Waals surface area contributed by atoms with Crippen LogP contribution < -0.4 is 0 Å². The first-order valence-electron chi connectivity index (χ1n) is 8.37. The smallest absolute Gasteiger partial charge is 0.408 e. The molecule has 130 valence electrons. The number of carbonyl (C=O) groups is 1. The van der Waals surface area contributed by atoms with Gasteiger partial charge in [-0.25, -0.2) is 14.8 Å². The number of carboxylic acid groups (broad SMARTS) is 1. The van der Waals surface area contributed by atoms with Crippen molar-refractivity contribution in [1.82, 2.24) is 24.4 Å². The fraction of sp³-hybridized carbons (Fsp3) is 0.389. The molecule has 7 heteroatoms. The number of nitrogens with one attached hydrogen (secondary N) is 1. The van der Waals surface area contributed by atoms with Crippen LogP contribution >= 0.6 is 0 Å². The average Bonchev–Trinajstić information content (AvgIpc) is 3.16. The Morgan fingerprint density at radius 3 is 2.76 bits per heavy atom. The second-order valence-corrected chi connectivity index (χ2v) is 7.39. The van der Waals surface area contributed by atoms with Gasteiger partial charge in [0, 0.05) is 24.2 Å². The Labute approximate surface area is 145 Å². The Kier molecular flexibility index (Phi) is 3.35. The van der Waals surface area contributed by atoms with Gasteiger partial charge in [-0.3, -0.25) is 4.90 Å². The molecule has 0 spiro atoms. The normalized spacial score (nSPS) is 17.7.